The summed E-state index contributed by atoms with van der Waals surface area (Å²) in [6, 6.07) is 0. The van der Waals surface area contributed by atoms with E-state index >= 15 is 0 Å². The van der Waals surface area contributed by atoms with Gasteiger partial charge in [0, 0.05) is 11.8 Å². The molecule has 0 radical (unpaired) electrons. The summed E-state index contributed by atoms with van der Waals surface area (Å²) in [6.07, 6.45) is 6.56. The van der Waals surface area contributed by atoms with E-state index in [-0.39, 0.29) is 0 Å². The van der Waals surface area contributed by atoms with Crippen LogP contribution >= 0.6 is 0 Å². The minimum atomic E-state index is 0.419. The molecular formula is C7H7N5. The third-order valence-electron chi connectivity index (χ3n) is 1.47. The lowest BCUT2D eigenvalue weighted by molar-refractivity contribution is 1.09. The molecule has 5 nitrogen and oxygen atoms in total. The molecule has 0 aliphatic rings. The molecule has 5 heteroatoms. The van der Waals surface area contributed by atoms with Crippen LogP contribution in [0.3, 0.4) is 0 Å². The predicted molar refractivity (Wildman–Crippen MR) is 44.0 cm³/mol. The van der Waals surface area contributed by atoms with Crippen molar-refractivity contribution in [1.29, 1.82) is 0 Å². The number of aromatic nitrogens is 4. The average molecular weight is 161 g/mol. The molecule has 0 saturated carbocycles. The monoisotopic (exact) mass is 161 g/mol. The number of H-pyrrole nitrogens is 1. The van der Waals surface area contributed by atoms with Gasteiger partial charge in [-0.3, -0.25) is 10.1 Å². The smallest absolute Gasteiger partial charge is 0.141 e. The van der Waals surface area contributed by atoms with Gasteiger partial charge in [0.25, 0.3) is 0 Å². The van der Waals surface area contributed by atoms with E-state index in [1.807, 2.05) is 0 Å². The first-order chi connectivity index (χ1) is 5.86. The van der Waals surface area contributed by atoms with E-state index in [2.05, 4.69) is 20.2 Å². The zero-order valence-corrected chi connectivity index (χ0v) is 6.23. The summed E-state index contributed by atoms with van der Waals surface area (Å²) in [7, 11) is 0. The summed E-state index contributed by atoms with van der Waals surface area (Å²) in [4.78, 5) is 7.98. The lowest BCUT2D eigenvalue weighted by Gasteiger charge is -1.94. The van der Waals surface area contributed by atoms with Gasteiger partial charge in [-0.05, 0) is 0 Å². The molecule has 0 amide bonds. The highest BCUT2D eigenvalue weighted by atomic mass is 15.1. The Hall–Kier alpha value is -1.91. The van der Waals surface area contributed by atoms with Crippen molar-refractivity contribution in [2.45, 2.75) is 0 Å². The highest BCUT2D eigenvalue weighted by molar-refractivity contribution is 5.55. The maximum atomic E-state index is 5.38. The van der Waals surface area contributed by atoms with Gasteiger partial charge in [0.1, 0.15) is 5.82 Å². The summed E-state index contributed by atoms with van der Waals surface area (Å²) in [5, 5.41) is 6.49. The van der Waals surface area contributed by atoms with Crippen molar-refractivity contribution < 1.29 is 0 Å². The fraction of sp³-hybridized carbons (Fsp3) is 0. The van der Waals surface area contributed by atoms with Crippen molar-refractivity contribution in [2.24, 2.45) is 0 Å². The molecule has 2 aromatic heterocycles. The molecule has 0 aromatic carbocycles. The highest BCUT2D eigenvalue weighted by Gasteiger charge is 1.99. The van der Waals surface area contributed by atoms with Crippen molar-refractivity contribution in [3.05, 3.63) is 24.8 Å². The average Bonchev–Trinajstić information content (AvgIpc) is 2.58. The summed E-state index contributed by atoms with van der Waals surface area (Å²) >= 11 is 0. The maximum Gasteiger partial charge on any atom is 0.141 e. The largest absolute Gasteiger partial charge is 0.382 e. The van der Waals surface area contributed by atoms with Gasteiger partial charge in [-0.15, -0.1) is 0 Å². The predicted octanol–water partition coefficient (Wildman–Crippen LogP) is 0.449. The lowest BCUT2D eigenvalue weighted by Crippen LogP contribution is -1.91. The molecule has 0 aliphatic carbocycles. The minimum Gasteiger partial charge on any atom is -0.382 e. The van der Waals surface area contributed by atoms with E-state index in [9.17, 15) is 0 Å². The van der Waals surface area contributed by atoms with E-state index in [0.717, 1.165) is 11.3 Å². The van der Waals surface area contributed by atoms with Gasteiger partial charge in [0.15, 0.2) is 0 Å². The number of aromatic amines is 1. The Bertz CT molecular complexity index is 350. The molecule has 0 fully saturated rings. The highest BCUT2D eigenvalue weighted by Crippen LogP contribution is 2.12. The van der Waals surface area contributed by atoms with Crippen LogP contribution < -0.4 is 5.73 Å². The standard InChI is InChI=1S/C7H7N5/c8-7-4-9-6(3-10-7)5-1-11-12-2-5/h1-4H,(H2,8,10)(H,11,12). The topological polar surface area (TPSA) is 80.5 Å². The third-order valence-corrected chi connectivity index (χ3v) is 1.47. The Balaban J connectivity index is 2.43. The second-order valence-electron chi connectivity index (χ2n) is 2.31. The van der Waals surface area contributed by atoms with Crippen molar-refractivity contribution in [2.75, 3.05) is 5.73 Å². The first-order valence-corrected chi connectivity index (χ1v) is 3.43. The van der Waals surface area contributed by atoms with Crippen LogP contribution in [0, 0.1) is 0 Å². The molecule has 12 heavy (non-hydrogen) atoms. The fourth-order valence-corrected chi connectivity index (χ4v) is 0.878. The van der Waals surface area contributed by atoms with Gasteiger partial charge < -0.3 is 5.73 Å². The molecule has 60 valence electrons. The van der Waals surface area contributed by atoms with Crippen LogP contribution in [-0.4, -0.2) is 20.2 Å². The van der Waals surface area contributed by atoms with Gasteiger partial charge in [0.05, 0.1) is 24.3 Å². The van der Waals surface area contributed by atoms with Crippen molar-refractivity contribution in [3.63, 3.8) is 0 Å². The van der Waals surface area contributed by atoms with Crippen molar-refractivity contribution in [1.82, 2.24) is 20.2 Å². The zero-order valence-electron chi connectivity index (χ0n) is 6.23. The number of nitrogens with zero attached hydrogens (tertiary/aromatic N) is 3. The van der Waals surface area contributed by atoms with E-state index in [1.54, 1.807) is 18.6 Å². The third kappa shape index (κ3) is 1.12. The summed E-state index contributed by atoms with van der Waals surface area (Å²) in [5.74, 6) is 0.419. The number of hydrogen-bond donors (Lipinski definition) is 2. The maximum absolute atomic E-state index is 5.38. The molecule has 0 saturated heterocycles. The van der Waals surface area contributed by atoms with Crippen LogP contribution in [0.25, 0.3) is 11.3 Å². The van der Waals surface area contributed by atoms with Gasteiger partial charge >= 0.3 is 0 Å². The van der Waals surface area contributed by atoms with Crippen molar-refractivity contribution in [3.8, 4) is 11.3 Å². The first kappa shape index (κ1) is 6.78. The molecular weight excluding hydrogens is 154 g/mol. The Morgan fingerprint density at radius 1 is 1.17 bits per heavy atom. The van der Waals surface area contributed by atoms with Gasteiger partial charge in [-0.1, -0.05) is 0 Å². The van der Waals surface area contributed by atoms with Crippen LogP contribution in [0.4, 0.5) is 5.82 Å². The van der Waals surface area contributed by atoms with Crippen LogP contribution in [0.1, 0.15) is 0 Å². The molecule has 2 aromatic rings. The molecule has 0 spiro atoms. The Labute approximate surface area is 68.7 Å². The summed E-state index contributed by atoms with van der Waals surface area (Å²) in [5.41, 5.74) is 7.05. The molecule has 0 bridgehead atoms. The Kier molecular flexibility index (Phi) is 1.48. The van der Waals surface area contributed by atoms with Crippen molar-refractivity contribution >= 4 is 5.82 Å². The SMILES string of the molecule is Nc1cnc(-c2cn[nH]c2)cn1. The zero-order chi connectivity index (χ0) is 8.39. The lowest BCUT2D eigenvalue weighted by atomic mass is 10.3. The fourth-order valence-electron chi connectivity index (χ4n) is 0.878. The van der Waals surface area contributed by atoms with Gasteiger partial charge in [0.2, 0.25) is 0 Å². The van der Waals surface area contributed by atoms with Crippen LogP contribution in [0.5, 0.6) is 0 Å². The molecule has 0 atom stereocenters. The van der Waals surface area contributed by atoms with Crippen LogP contribution in [-0.2, 0) is 0 Å². The van der Waals surface area contributed by atoms with Gasteiger partial charge in [-0.2, -0.15) is 5.10 Å². The number of hydrogen-bond acceptors (Lipinski definition) is 4. The van der Waals surface area contributed by atoms with E-state index in [1.165, 1.54) is 6.20 Å². The molecule has 2 rings (SSSR count). The quantitative estimate of drug-likeness (QED) is 0.636. The number of nitrogens with one attached hydrogen (secondary N) is 1. The summed E-state index contributed by atoms with van der Waals surface area (Å²) in [6.45, 7) is 0. The molecule has 0 unspecified atom stereocenters. The normalized spacial score (nSPS) is 10.0. The summed E-state index contributed by atoms with van der Waals surface area (Å²) < 4.78 is 0. The first-order valence-electron chi connectivity index (χ1n) is 3.43. The van der Waals surface area contributed by atoms with Gasteiger partial charge in [-0.25, -0.2) is 4.98 Å². The second-order valence-corrected chi connectivity index (χ2v) is 2.31. The van der Waals surface area contributed by atoms with E-state index < -0.39 is 0 Å². The Morgan fingerprint density at radius 3 is 2.67 bits per heavy atom. The van der Waals surface area contributed by atoms with E-state index in [0.29, 0.717) is 5.82 Å². The Morgan fingerprint density at radius 2 is 2.08 bits per heavy atom. The van der Waals surface area contributed by atoms with Crippen LogP contribution in [0.15, 0.2) is 24.8 Å². The molecule has 0 aliphatic heterocycles. The molecule has 3 N–H and O–H groups in total. The van der Waals surface area contributed by atoms with E-state index in [4.69, 9.17) is 5.73 Å². The number of anilines is 1. The number of rotatable bonds is 1. The number of nitrogen functional groups attached to an aromatic ring is 1. The van der Waals surface area contributed by atoms with Crippen LogP contribution in [0.2, 0.25) is 0 Å². The minimum absolute atomic E-state index is 0.419. The second kappa shape index (κ2) is 2.61. The number of nitrogens with two attached hydrogens (primary N) is 1. The molecule has 2 heterocycles.